The number of amides is 2. The predicted octanol–water partition coefficient (Wildman–Crippen LogP) is 1.69. The number of halogens is 1. The van der Waals surface area contributed by atoms with E-state index >= 15 is 0 Å². The summed E-state index contributed by atoms with van der Waals surface area (Å²) in [6, 6.07) is 4.49. The number of nitrogens with zero attached hydrogens (tertiary/aromatic N) is 3. The van der Waals surface area contributed by atoms with Crippen LogP contribution in [-0.2, 0) is 15.1 Å². The first-order valence-corrected chi connectivity index (χ1v) is 9.00. The molecule has 0 spiro atoms. The maximum absolute atomic E-state index is 14.7. The lowest BCUT2D eigenvalue weighted by atomic mass is 10.1. The Morgan fingerprint density at radius 1 is 1.39 bits per heavy atom. The Bertz CT molecular complexity index is 930. The molecular formula is C19H20FN5O3. The smallest absolute Gasteiger partial charge is 0.414 e. The minimum atomic E-state index is -0.576. The molecule has 1 aliphatic carbocycles. The highest BCUT2D eigenvalue weighted by molar-refractivity contribution is 5.90. The van der Waals surface area contributed by atoms with Crippen LogP contribution in [0.4, 0.5) is 14.9 Å². The fourth-order valence-electron chi connectivity index (χ4n) is 3.08. The van der Waals surface area contributed by atoms with E-state index in [1.54, 1.807) is 24.5 Å². The van der Waals surface area contributed by atoms with Gasteiger partial charge in [0.1, 0.15) is 17.7 Å². The molecule has 4 rings (SSSR count). The third kappa shape index (κ3) is 3.53. The average Bonchev–Trinajstić information content (AvgIpc) is 3.31. The van der Waals surface area contributed by atoms with Crippen LogP contribution in [-0.4, -0.2) is 41.2 Å². The largest absolute Gasteiger partial charge is 0.442 e. The molecule has 2 heterocycles. The van der Waals surface area contributed by atoms with Crippen molar-refractivity contribution in [2.75, 3.05) is 18.0 Å². The number of anilines is 1. The van der Waals surface area contributed by atoms with Crippen molar-refractivity contribution in [2.24, 2.45) is 5.73 Å². The third-order valence-corrected chi connectivity index (χ3v) is 4.91. The maximum atomic E-state index is 14.7. The van der Waals surface area contributed by atoms with E-state index < -0.39 is 23.6 Å². The highest BCUT2D eigenvalue weighted by atomic mass is 19.1. The molecule has 1 aromatic carbocycles. The zero-order valence-electron chi connectivity index (χ0n) is 15.3. The van der Waals surface area contributed by atoms with E-state index in [-0.39, 0.29) is 19.0 Å². The van der Waals surface area contributed by atoms with Crippen molar-refractivity contribution in [1.29, 1.82) is 0 Å². The van der Waals surface area contributed by atoms with Gasteiger partial charge in [0.05, 0.1) is 24.3 Å². The van der Waals surface area contributed by atoms with Crippen LogP contribution in [0.3, 0.4) is 0 Å². The lowest BCUT2D eigenvalue weighted by molar-refractivity contribution is -0.119. The second-order valence-electron chi connectivity index (χ2n) is 7.17. The van der Waals surface area contributed by atoms with E-state index in [2.05, 4.69) is 15.3 Å². The monoisotopic (exact) mass is 385 g/mol. The molecule has 1 aliphatic heterocycles. The summed E-state index contributed by atoms with van der Waals surface area (Å²) >= 11 is 0. The van der Waals surface area contributed by atoms with Gasteiger partial charge >= 0.3 is 6.09 Å². The van der Waals surface area contributed by atoms with E-state index in [0.717, 1.165) is 12.8 Å². The summed E-state index contributed by atoms with van der Waals surface area (Å²) in [4.78, 5) is 32.9. The molecule has 1 aromatic heterocycles. The van der Waals surface area contributed by atoms with Crippen LogP contribution >= 0.6 is 0 Å². The van der Waals surface area contributed by atoms with Crippen LogP contribution in [0.1, 0.15) is 25.6 Å². The quantitative estimate of drug-likeness (QED) is 0.810. The first-order chi connectivity index (χ1) is 13.4. The molecule has 2 fully saturated rings. The number of nitrogens with one attached hydrogen (secondary N) is 1. The molecule has 28 heavy (non-hydrogen) atoms. The Balaban J connectivity index is 1.50. The lowest BCUT2D eigenvalue weighted by Gasteiger charge is -2.14. The van der Waals surface area contributed by atoms with E-state index in [4.69, 9.17) is 10.5 Å². The fourth-order valence-corrected chi connectivity index (χ4v) is 3.08. The van der Waals surface area contributed by atoms with Crippen molar-refractivity contribution in [3.8, 4) is 11.1 Å². The summed E-state index contributed by atoms with van der Waals surface area (Å²) in [7, 11) is 0. The van der Waals surface area contributed by atoms with E-state index in [0.29, 0.717) is 22.6 Å². The summed E-state index contributed by atoms with van der Waals surface area (Å²) in [6.45, 7) is 1.83. The Hall–Kier alpha value is -3.07. The minimum Gasteiger partial charge on any atom is -0.442 e. The summed E-state index contributed by atoms with van der Waals surface area (Å²) in [5, 5.41) is 2.60. The van der Waals surface area contributed by atoms with Crippen LogP contribution < -0.4 is 16.0 Å². The van der Waals surface area contributed by atoms with Gasteiger partial charge in [-0.1, -0.05) is 0 Å². The summed E-state index contributed by atoms with van der Waals surface area (Å²) < 4.78 is 19.9. The first kappa shape index (κ1) is 18.3. The Morgan fingerprint density at radius 2 is 2.11 bits per heavy atom. The Morgan fingerprint density at radius 3 is 2.71 bits per heavy atom. The molecule has 2 aliphatic rings. The Kier molecular flexibility index (Phi) is 4.46. The van der Waals surface area contributed by atoms with Gasteiger partial charge in [-0.05, 0) is 31.0 Å². The molecule has 0 bridgehead atoms. The van der Waals surface area contributed by atoms with Crippen LogP contribution in [0.5, 0.6) is 0 Å². The molecule has 0 unspecified atom stereocenters. The van der Waals surface area contributed by atoms with Gasteiger partial charge in [-0.15, -0.1) is 0 Å². The molecule has 146 valence electrons. The molecule has 0 radical (unpaired) electrons. The van der Waals surface area contributed by atoms with Crippen molar-refractivity contribution in [1.82, 2.24) is 15.3 Å². The second-order valence-corrected chi connectivity index (χ2v) is 7.17. The van der Waals surface area contributed by atoms with Crippen molar-refractivity contribution in [3.63, 3.8) is 0 Å². The predicted molar refractivity (Wildman–Crippen MR) is 98.8 cm³/mol. The molecule has 1 atom stereocenters. The van der Waals surface area contributed by atoms with Crippen LogP contribution in [0.15, 0.2) is 30.6 Å². The number of hydrogen-bond acceptors (Lipinski definition) is 6. The third-order valence-electron chi connectivity index (χ3n) is 4.91. The molecule has 2 aromatic rings. The number of carbonyl (C=O) groups excluding carboxylic acids is 2. The van der Waals surface area contributed by atoms with E-state index in [9.17, 15) is 14.0 Å². The second kappa shape index (κ2) is 6.83. The highest BCUT2D eigenvalue weighted by Gasteiger charge is 2.42. The van der Waals surface area contributed by atoms with Gasteiger partial charge in [0.15, 0.2) is 0 Å². The van der Waals surface area contributed by atoms with Crippen LogP contribution in [0, 0.1) is 5.82 Å². The van der Waals surface area contributed by atoms with Gasteiger partial charge in [0, 0.05) is 30.4 Å². The summed E-state index contributed by atoms with van der Waals surface area (Å²) in [5.74, 6) is -0.139. The molecule has 9 heteroatoms. The number of hydrogen-bond donors (Lipinski definition) is 2. The molecule has 2 amide bonds. The number of benzene rings is 1. The standard InChI is InChI=1S/C19H20FN5O3/c1-11(26)22-9-14-10-25(18(27)28-14)13-2-3-15(16(20)6-13)12-7-23-17(24-8-12)19(21)4-5-19/h2-3,6-8,14H,4-5,9-10,21H2,1H3,(H,22,26)/t14-/m0/s1. The molecular weight excluding hydrogens is 365 g/mol. The van der Waals surface area contributed by atoms with Crippen molar-refractivity contribution >= 4 is 17.7 Å². The number of carbonyl (C=O) groups is 2. The molecule has 3 N–H and O–H groups in total. The average molecular weight is 385 g/mol. The first-order valence-electron chi connectivity index (χ1n) is 9.00. The maximum Gasteiger partial charge on any atom is 0.414 e. The zero-order chi connectivity index (χ0) is 19.9. The highest BCUT2D eigenvalue weighted by Crippen LogP contribution is 2.40. The summed E-state index contributed by atoms with van der Waals surface area (Å²) in [6.07, 6.45) is 3.76. The van der Waals surface area contributed by atoms with Gasteiger partial charge in [-0.2, -0.15) is 0 Å². The van der Waals surface area contributed by atoms with Gasteiger partial charge in [-0.25, -0.2) is 19.2 Å². The fraction of sp³-hybridized carbons (Fsp3) is 0.368. The number of ether oxygens (including phenoxy) is 1. The van der Waals surface area contributed by atoms with Gasteiger partial charge in [0.2, 0.25) is 5.91 Å². The van der Waals surface area contributed by atoms with Crippen molar-refractivity contribution < 1.29 is 18.7 Å². The molecule has 1 saturated carbocycles. The van der Waals surface area contributed by atoms with Gasteiger partial charge < -0.3 is 15.8 Å². The lowest BCUT2D eigenvalue weighted by Crippen LogP contribution is -2.33. The number of cyclic esters (lactones) is 1. The van der Waals surface area contributed by atoms with Gasteiger partial charge in [0.25, 0.3) is 0 Å². The van der Waals surface area contributed by atoms with Crippen molar-refractivity contribution in [3.05, 3.63) is 42.2 Å². The number of aromatic nitrogens is 2. The molecule has 8 nitrogen and oxygen atoms in total. The van der Waals surface area contributed by atoms with Crippen LogP contribution in [0.2, 0.25) is 0 Å². The zero-order valence-corrected chi connectivity index (χ0v) is 15.3. The molecule has 1 saturated heterocycles. The topological polar surface area (TPSA) is 110 Å². The van der Waals surface area contributed by atoms with Crippen molar-refractivity contribution in [2.45, 2.75) is 31.4 Å². The number of rotatable bonds is 5. The normalized spacial score (nSPS) is 20.0. The summed E-state index contributed by atoms with van der Waals surface area (Å²) in [5.41, 5.74) is 6.87. The van der Waals surface area contributed by atoms with E-state index in [1.165, 1.54) is 17.9 Å². The number of nitrogens with two attached hydrogens (primary N) is 1. The minimum absolute atomic E-state index is 0.208. The van der Waals surface area contributed by atoms with Crippen LogP contribution in [0.25, 0.3) is 11.1 Å². The Labute approximate surface area is 160 Å². The SMILES string of the molecule is CC(=O)NC[C@H]1CN(c2ccc(-c3cnc(C4(N)CC4)nc3)c(F)c2)C(=O)O1. The van der Waals surface area contributed by atoms with E-state index in [1.807, 2.05) is 0 Å². The van der Waals surface area contributed by atoms with Gasteiger partial charge in [-0.3, -0.25) is 9.69 Å².